The van der Waals surface area contributed by atoms with E-state index in [1.165, 1.54) is 18.0 Å². The molecule has 1 unspecified atom stereocenters. The lowest BCUT2D eigenvalue weighted by molar-refractivity contribution is 0.0777. The van der Waals surface area contributed by atoms with Gasteiger partial charge in [-0.2, -0.15) is 0 Å². The van der Waals surface area contributed by atoms with E-state index in [4.69, 9.17) is 4.74 Å². The fourth-order valence-electron chi connectivity index (χ4n) is 3.10. The molecule has 14 heteroatoms. The van der Waals surface area contributed by atoms with Crippen LogP contribution in [0.3, 0.4) is 0 Å². The molecule has 0 radical (unpaired) electrons. The second-order valence-electron chi connectivity index (χ2n) is 7.71. The minimum absolute atomic E-state index is 0.226. The number of carbonyl (C=O) groups excluding carboxylic acids is 1. The summed E-state index contributed by atoms with van der Waals surface area (Å²) < 4.78 is 32.5. The fourth-order valence-corrected chi connectivity index (χ4v) is 6.28. The van der Waals surface area contributed by atoms with Crippen molar-refractivity contribution in [3.05, 3.63) is 35.7 Å². The molecule has 35 heavy (non-hydrogen) atoms. The number of amides is 1. The van der Waals surface area contributed by atoms with Crippen molar-refractivity contribution in [3.8, 4) is 16.6 Å². The minimum Gasteiger partial charge on any atom is -0.477 e. The van der Waals surface area contributed by atoms with Crippen molar-refractivity contribution in [2.24, 2.45) is 0 Å². The van der Waals surface area contributed by atoms with Crippen molar-refractivity contribution in [1.82, 2.24) is 30.0 Å². The Morgan fingerprint density at radius 3 is 2.83 bits per heavy atom. The van der Waals surface area contributed by atoms with Crippen molar-refractivity contribution in [1.29, 1.82) is 0 Å². The van der Waals surface area contributed by atoms with E-state index in [0.29, 0.717) is 53.2 Å². The highest BCUT2D eigenvalue weighted by Gasteiger charge is 2.35. The lowest BCUT2D eigenvalue weighted by Gasteiger charge is -2.25. The van der Waals surface area contributed by atoms with E-state index < -0.39 is 10.0 Å². The molecule has 1 saturated carbocycles. The number of pyridine rings is 1. The number of carbonyl (C=O) groups is 1. The summed E-state index contributed by atoms with van der Waals surface area (Å²) in [5, 5.41) is 8.89. The molecular formula is C21H25N7O4S3. The summed E-state index contributed by atoms with van der Waals surface area (Å²) >= 11 is 2.50. The van der Waals surface area contributed by atoms with E-state index in [1.807, 2.05) is 13.8 Å². The van der Waals surface area contributed by atoms with Crippen LogP contribution in [0.1, 0.15) is 42.9 Å². The maximum Gasteiger partial charge on any atom is 0.285 e. The Hall–Kier alpha value is -2.84. The van der Waals surface area contributed by atoms with Gasteiger partial charge in [-0.25, -0.2) is 18.4 Å². The van der Waals surface area contributed by atoms with Crippen LogP contribution in [-0.2, 0) is 10.0 Å². The zero-order valence-electron chi connectivity index (χ0n) is 19.4. The molecule has 0 aromatic carbocycles. The van der Waals surface area contributed by atoms with E-state index in [0.717, 1.165) is 11.3 Å². The number of aromatic nitrogens is 5. The molecule has 186 valence electrons. The summed E-state index contributed by atoms with van der Waals surface area (Å²) in [5.74, 6) is 0.0920. The molecule has 11 nitrogen and oxygen atoms in total. The molecule has 0 saturated heterocycles. The first-order valence-corrected chi connectivity index (χ1v) is 14.2. The number of rotatable bonds is 11. The summed E-state index contributed by atoms with van der Waals surface area (Å²) in [6, 6.07) is 3.30. The Morgan fingerprint density at radius 2 is 2.11 bits per heavy atom. The van der Waals surface area contributed by atoms with Gasteiger partial charge >= 0.3 is 0 Å². The highest BCUT2D eigenvalue weighted by atomic mass is 32.2. The van der Waals surface area contributed by atoms with E-state index in [2.05, 4.69) is 29.9 Å². The van der Waals surface area contributed by atoms with Gasteiger partial charge in [0.05, 0.1) is 35.3 Å². The molecule has 4 rings (SSSR count). The predicted octanol–water partition coefficient (Wildman–Crippen LogP) is 3.29. The smallest absolute Gasteiger partial charge is 0.285 e. The Balaban J connectivity index is 1.45. The minimum atomic E-state index is -3.37. The highest BCUT2D eigenvalue weighted by Crippen LogP contribution is 2.32. The van der Waals surface area contributed by atoms with Crippen molar-refractivity contribution < 1.29 is 17.9 Å². The number of hydrogen-bond donors (Lipinski definition) is 1. The number of ether oxygens (including phenoxy) is 1. The van der Waals surface area contributed by atoms with E-state index in [-0.39, 0.29) is 21.5 Å². The number of nitrogens with zero attached hydrogens (tertiary/aromatic N) is 6. The lowest BCUT2D eigenvalue weighted by atomic mass is 10.4. The van der Waals surface area contributed by atoms with Gasteiger partial charge in [0, 0.05) is 13.2 Å². The maximum absolute atomic E-state index is 13.1. The molecule has 3 aromatic rings. The monoisotopic (exact) mass is 535 g/mol. The van der Waals surface area contributed by atoms with Gasteiger partial charge in [0.25, 0.3) is 5.91 Å². The average molecular weight is 536 g/mol. The predicted molar refractivity (Wildman–Crippen MR) is 134 cm³/mol. The molecule has 1 N–H and O–H groups in total. The van der Waals surface area contributed by atoms with Crippen LogP contribution >= 0.6 is 23.1 Å². The Kier molecular flexibility index (Phi) is 7.82. The summed E-state index contributed by atoms with van der Waals surface area (Å²) in [6.45, 7) is 4.27. The third-order valence-corrected chi connectivity index (χ3v) is 9.24. The number of nitrogens with one attached hydrogen (secondary N) is 1. The molecule has 1 aliphatic rings. The second-order valence-corrected chi connectivity index (χ2v) is 11.9. The quantitative estimate of drug-likeness (QED) is 0.287. The summed E-state index contributed by atoms with van der Waals surface area (Å²) in [7, 11) is -1.67. The molecule has 1 fully saturated rings. The van der Waals surface area contributed by atoms with Gasteiger partial charge in [-0.05, 0) is 38.3 Å². The van der Waals surface area contributed by atoms with Crippen LogP contribution in [0, 0.1) is 0 Å². The average Bonchev–Trinajstić information content (AvgIpc) is 3.60. The third kappa shape index (κ3) is 6.24. The topological polar surface area (TPSA) is 140 Å². The fraction of sp³-hybridized carbons (Fsp3) is 0.429. The molecular weight excluding hydrogens is 510 g/mol. The van der Waals surface area contributed by atoms with Crippen LogP contribution in [0.4, 0.5) is 5.69 Å². The van der Waals surface area contributed by atoms with Crippen molar-refractivity contribution >= 4 is 44.7 Å². The van der Waals surface area contributed by atoms with E-state index in [9.17, 15) is 13.2 Å². The largest absolute Gasteiger partial charge is 0.477 e. The SMILES string of the molecule is CCOc1cncc(-c2nnc(C(=O)N(C)C(CC)Sc3cc(NS(=O)(=O)C4CC4)ccn3)s2)n1. The highest BCUT2D eigenvalue weighted by molar-refractivity contribution is 7.99. The van der Waals surface area contributed by atoms with Crippen molar-refractivity contribution in [3.63, 3.8) is 0 Å². The number of thioether (sulfide) groups is 1. The van der Waals surface area contributed by atoms with Crippen LogP contribution in [-0.4, -0.2) is 68.7 Å². The van der Waals surface area contributed by atoms with Crippen molar-refractivity contribution in [2.75, 3.05) is 18.4 Å². The standard InChI is InChI=1S/C21H25N7O4S3/c1-4-18(33-17-10-13(8-9-23-17)27-35(30,31)14-6-7-14)28(3)21(29)20-26-25-19(34-20)15-11-22-12-16(24-15)32-5-2/h8-12,14,18H,4-7H2,1-3H3,(H,23,27). The maximum atomic E-state index is 13.1. The van der Waals surface area contributed by atoms with Crippen LogP contribution in [0.5, 0.6) is 5.88 Å². The molecule has 1 aliphatic carbocycles. The first-order valence-electron chi connectivity index (χ1n) is 11.0. The van der Waals surface area contributed by atoms with Crippen molar-refractivity contribution in [2.45, 2.75) is 48.8 Å². The van der Waals surface area contributed by atoms with Crippen LogP contribution < -0.4 is 9.46 Å². The first-order chi connectivity index (χ1) is 16.8. The van der Waals surface area contributed by atoms with Gasteiger partial charge in [0.1, 0.15) is 10.7 Å². The molecule has 3 heterocycles. The number of sulfonamides is 1. The third-order valence-electron chi connectivity index (χ3n) is 5.05. The van der Waals surface area contributed by atoms with Crippen LogP contribution in [0.2, 0.25) is 0 Å². The Labute approximate surface area is 211 Å². The second kappa shape index (κ2) is 10.8. The van der Waals surface area contributed by atoms with Crippen LogP contribution in [0.25, 0.3) is 10.7 Å². The Morgan fingerprint density at radius 1 is 1.31 bits per heavy atom. The van der Waals surface area contributed by atoms with Gasteiger partial charge in [-0.3, -0.25) is 14.5 Å². The zero-order chi connectivity index (χ0) is 25.0. The van der Waals surface area contributed by atoms with E-state index in [1.54, 1.807) is 36.5 Å². The summed E-state index contributed by atoms with van der Waals surface area (Å²) in [5.41, 5.74) is 0.939. The molecule has 1 amide bonds. The van der Waals surface area contributed by atoms with Gasteiger partial charge < -0.3 is 9.64 Å². The molecule has 0 spiro atoms. The van der Waals surface area contributed by atoms with Gasteiger partial charge in [-0.15, -0.1) is 10.2 Å². The lowest BCUT2D eigenvalue weighted by Crippen LogP contribution is -2.34. The van der Waals surface area contributed by atoms with Crippen LogP contribution in [0.15, 0.2) is 35.7 Å². The zero-order valence-corrected chi connectivity index (χ0v) is 21.9. The van der Waals surface area contributed by atoms with Gasteiger partial charge in [-0.1, -0.05) is 30.0 Å². The molecule has 0 aliphatic heterocycles. The number of anilines is 1. The number of hydrogen-bond acceptors (Lipinski definition) is 11. The van der Waals surface area contributed by atoms with E-state index >= 15 is 0 Å². The normalized spacial score (nSPS) is 14.4. The van der Waals surface area contributed by atoms with Gasteiger partial charge in [0.2, 0.25) is 20.9 Å². The van der Waals surface area contributed by atoms with Gasteiger partial charge in [0.15, 0.2) is 5.01 Å². The molecule has 0 bridgehead atoms. The summed E-state index contributed by atoms with van der Waals surface area (Å²) in [6.07, 6.45) is 6.62. The summed E-state index contributed by atoms with van der Waals surface area (Å²) in [4.78, 5) is 27.5. The molecule has 1 atom stereocenters. The Bertz CT molecular complexity index is 1300. The molecule has 3 aromatic heterocycles. The first kappa shape index (κ1) is 25.3.